The molecule has 1 heterocycles. The van der Waals surface area contributed by atoms with Gasteiger partial charge in [-0.05, 0) is 86.5 Å². The first-order valence-electron chi connectivity index (χ1n) is 14.5. The van der Waals surface area contributed by atoms with E-state index in [1.807, 2.05) is 67.5 Å². The molecule has 3 aromatic carbocycles. The zero-order chi connectivity index (χ0) is 29.5. The van der Waals surface area contributed by atoms with Gasteiger partial charge in [0.05, 0.1) is 18.2 Å². The number of rotatable bonds is 12. The predicted octanol–water partition coefficient (Wildman–Crippen LogP) is 6.79. The number of Topliss-reactive ketones (excluding diaryl/α,β-unsaturated/α-hetero) is 1. The number of ketones is 1. The molecule has 1 N–H and O–H groups in total. The number of carbonyl (C=O) groups is 2. The maximum Gasteiger partial charge on any atom is 0.300 e. The topological polar surface area (TPSA) is 73.3 Å². The first-order chi connectivity index (χ1) is 19.8. The van der Waals surface area contributed by atoms with Gasteiger partial charge in [-0.2, -0.15) is 0 Å². The molecule has 0 spiro atoms. The first kappa shape index (κ1) is 29.7. The van der Waals surface area contributed by atoms with Crippen LogP contribution in [0.1, 0.15) is 57.2 Å². The number of hydrogen-bond acceptors (Lipinski definition) is 6. The average molecular weight is 556 g/mol. The van der Waals surface area contributed by atoms with E-state index in [-0.39, 0.29) is 11.3 Å². The van der Waals surface area contributed by atoms with Crippen LogP contribution in [0.4, 0.5) is 17.1 Å². The van der Waals surface area contributed by atoms with Crippen LogP contribution in [0.2, 0.25) is 0 Å². The van der Waals surface area contributed by atoms with E-state index in [9.17, 15) is 14.7 Å². The summed E-state index contributed by atoms with van der Waals surface area (Å²) in [7, 11) is 3.91. The maximum absolute atomic E-state index is 13.6. The van der Waals surface area contributed by atoms with Crippen molar-refractivity contribution in [2.24, 2.45) is 0 Å². The molecule has 0 aromatic heterocycles. The Morgan fingerprint density at radius 2 is 1.44 bits per heavy atom. The second-order valence-electron chi connectivity index (χ2n) is 10.4. The van der Waals surface area contributed by atoms with Crippen molar-refractivity contribution < 1.29 is 19.4 Å². The van der Waals surface area contributed by atoms with Crippen molar-refractivity contribution in [2.45, 2.75) is 46.1 Å². The Kier molecular flexibility index (Phi) is 9.71. The van der Waals surface area contributed by atoms with E-state index in [0.717, 1.165) is 49.3 Å². The largest absolute Gasteiger partial charge is 0.507 e. The Hall–Kier alpha value is -4.26. The normalized spacial score (nSPS) is 16.2. The summed E-state index contributed by atoms with van der Waals surface area (Å²) in [6.45, 7) is 8.69. The van der Waals surface area contributed by atoms with Crippen LogP contribution in [0.5, 0.6) is 5.75 Å². The van der Waals surface area contributed by atoms with Crippen LogP contribution in [-0.4, -0.2) is 50.6 Å². The summed E-state index contributed by atoms with van der Waals surface area (Å²) in [5.74, 6) is -0.886. The molecule has 4 rings (SSSR count). The molecule has 1 aliphatic rings. The van der Waals surface area contributed by atoms with E-state index in [2.05, 4.69) is 25.7 Å². The summed E-state index contributed by atoms with van der Waals surface area (Å²) in [4.78, 5) is 32.8. The van der Waals surface area contributed by atoms with Crippen LogP contribution in [-0.2, 0) is 9.59 Å². The van der Waals surface area contributed by atoms with Crippen molar-refractivity contribution in [1.82, 2.24) is 0 Å². The van der Waals surface area contributed by atoms with Gasteiger partial charge in [-0.1, -0.05) is 31.9 Å². The zero-order valence-corrected chi connectivity index (χ0v) is 24.8. The van der Waals surface area contributed by atoms with Crippen LogP contribution in [0, 0.1) is 0 Å². The summed E-state index contributed by atoms with van der Waals surface area (Å²) >= 11 is 0. The van der Waals surface area contributed by atoms with Gasteiger partial charge in [-0.3, -0.25) is 14.5 Å². The fourth-order valence-electron chi connectivity index (χ4n) is 5.19. The predicted molar refractivity (Wildman–Crippen MR) is 167 cm³/mol. The lowest BCUT2D eigenvalue weighted by Crippen LogP contribution is -2.29. The van der Waals surface area contributed by atoms with Crippen LogP contribution < -0.4 is 19.4 Å². The number of benzene rings is 3. The van der Waals surface area contributed by atoms with Gasteiger partial charge in [0.25, 0.3) is 11.7 Å². The minimum atomic E-state index is -0.782. The highest BCUT2D eigenvalue weighted by Crippen LogP contribution is 2.43. The van der Waals surface area contributed by atoms with E-state index in [1.165, 1.54) is 4.90 Å². The zero-order valence-electron chi connectivity index (χ0n) is 24.8. The lowest BCUT2D eigenvalue weighted by Gasteiger charge is -2.27. The lowest BCUT2D eigenvalue weighted by molar-refractivity contribution is -0.132. The van der Waals surface area contributed by atoms with Gasteiger partial charge in [0.15, 0.2) is 0 Å². The fourth-order valence-corrected chi connectivity index (χ4v) is 5.19. The molecule has 0 radical (unpaired) electrons. The number of aliphatic hydroxyl groups is 1. The van der Waals surface area contributed by atoms with E-state index in [0.29, 0.717) is 23.6 Å². The number of amides is 1. The third-order valence-corrected chi connectivity index (χ3v) is 7.57. The number of aliphatic hydroxyl groups excluding tert-OH is 1. The summed E-state index contributed by atoms with van der Waals surface area (Å²) in [5.41, 5.74) is 3.88. The molecule has 1 aliphatic heterocycles. The number of nitrogens with zero attached hydrogens (tertiary/aromatic N) is 3. The van der Waals surface area contributed by atoms with Gasteiger partial charge in [-0.15, -0.1) is 0 Å². The highest BCUT2D eigenvalue weighted by molar-refractivity contribution is 6.51. The van der Waals surface area contributed by atoms with Gasteiger partial charge < -0.3 is 19.6 Å². The second-order valence-corrected chi connectivity index (χ2v) is 10.4. The molecular weight excluding hydrogens is 514 g/mol. The van der Waals surface area contributed by atoms with Crippen LogP contribution in [0.15, 0.2) is 78.4 Å². The van der Waals surface area contributed by atoms with Crippen molar-refractivity contribution in [3.05, 3.63) is 89.5 Å². The number of carbonyl (C=O) groups excluding carboxylic acids is 2. The van der Waals surface area contributed by atoms with Gasteiger partial charge in [0.2, 0.25) is 0 Å². The second kappa shape index (κ2) is 13.4. The van der Waals surface area contributed by atoms with Gasteiger partial charge in [0, 0.05) is 49.8 Å². The summed E-state index contributed by atoms with van der Waals surface area (Å²) < 4.78 is 5.81. The molecule has 0 bridgehead atoms. The minimum absolute atomic E-state index is 0.0667. The van der Waals surface area contributed by atoms with E-state index < -0.39 is 17.7 Å². The Bertz CT molecular complexity index is 1360. The van der Waals surface area contributed by atoms with Crippen molar-refractivity contribution in [3.8, 4) is 5.75 Å². The summed E-state index contributed by atoms with van der Waals surface area (Å²) in [5, 5.41) is 11.5. The Balaban J connectivity index is 1.76. The molecule has 7 heteroatoms. The molecule has 7 nitrogen and oxygen atoms in total. The molecule has 1 amide bonds. The summed E-state index contributed by atoms with van der Waals surface area (Å²) in [6.07, 6.45) is 3.20. The first-order valence-corrected chi connectivity index (χ1v) is 14.5. The Labute approximate surface area is 243 Å². The van der Waals surface area contributed by atoms with Gasteiger partial charge >= 0.3 is 0 Å². The third kappa shape index (κ3) is 6.40. The highest BCUT2D eigenvalue weighted by atomic mass is 16.5. The lowest BCUT2D eigenvalue weighted by atomic mass is 9.95. The molecule has 216 valence electrons. The standard InChI is InChI=1S/C34H41N3O4/c1-6-9-10-23-41-29-21-13-25(14-22-29)32(38)30-31(24-11-15-26(16-12-24)35(4)5)37(34(40)33(30)39)28-19-17-27(18-20-28)36(7-2)8-3/h11-22,31,38H,6-10,23H2,1-5H3/b32-30-. The molecule has 1 saturated heterocycles. The van der Waals surface area contributed by atoms with Crippen molar-refractivity contribution in [3.63, 3.8) is 0 Å². The van der Waals surface area contributed by atoms with Crippen LogP contribution in [0.3, 0.4) is 0 Å². The summed E-state index contributed by atoms with van der Waals surface area (Å²) in [6, 6.07) is 21.6. The fraction of sp³-hybridized carbons (Fsp3) is 0.353. The quantitative estimate of drug-likeness (QED) is 0.115. The molecule has 3 aromatic rings. The number of unbranched alkanes of at least 4 members (excludes halogenated alkanes) is 2. The van der Waals surface area contributed by atoms with Gasteiger partial charge in [0.1, 0.15) is 11.5 Å². The van der Waals surface area contributed by atoms with Crippen molar-refractivity contribution >= 4 is 34.5 Å². The molecule has 1 atom stereocenters. The van der Waals surface area contributed by atoms with Crippen molar-refractivity contribution in [2.75, 3.05) is 48.5 Å². The smallest absolute Gasteiger partial charge is 0.300 e. The monoisotopic (exact) mass is 555 g/mol. The molecule has 41 heavy (non-hydrogen) atoms. The molecule has 1 fully saturated rings. The van der Waals surface area contributed by atoms with E-state index in [4.69, 9.17) is 4.74 Å². The van der Waals surface area contributed by atoms with E-state index in [1.54, 1.807) is 24.3 Å². The highest BCUT2D eigenvalue weighted by Gasteiger charge is 2.47. The minimum Gasteiger partial charge on any atom is -0.507 e. The molecule has 1 unspecified atom stereocenters. The third-order valence-electron chi connectivity index (χ3n) is 7.57. The van der Waals surface area contributed by atoms with Gasteiger partial charge in [-0.25, -0.2) is 0 Å². The maximum atomic E-state index is 13.6. The molecule has 0 saturated carbocycles. The number of ether oxygens (including phenoxy) is 1. The van der Waals surface area contributed by atoms with Crippen LogP contribution in [0.25, 0.3) is 5.76 Å². The Morgan fingerprint density at radius 3 is 2.00 bits per heavy atom. The number of anilines is 3. The molecule has 0 aliphatic carbocycles. The number of hydrogen-bond donors (Lipinski definition) is 1. The average Bonchev–Trinajstić information content (AvgIpc) is 3.26. The molecular formula is C34H41N3O4. The Morgan fingerprint density at radius 1 is 0.829 bits per heavy atom. The SMILES string of the molecule is CCCCCOc1ccc(/C(O)=C2/C(=O)C(=O)N(c3ccc(N(CC)CC)cc3)C2c2ccc(N(C)C)cc2)cc1. The van der Waals surface area contributed by atoms with Crippen molar-refractivity contribution in [1.29, 1.82) is 0 Å². The van der Waals surface area contributed by atoms with Crippen LogP contribution >= 0.6 is 0 Å². The van der Waals surface area contributed by atoms with E-state index >= 15 is 0 Å².